The fourth-order valence-corrected chi connectivity index (χ4v) is 3.40. The van der Waals surface area contributed by atoms with E-state index in [2.05, 4.69) is 4.90 Å². The summed E-state index contributed by atoms with van der Waals surface area (Å²) in [5.74, 6) is 0.941. The molecule has 0 atom stereocenters. The van der Waals surface area contributed by atoms with Crippen LogP contribution in [0.2, 0.25) is 5.02 Å². The number of hydrogen-bond donors (Lipinski definition) is 1. The van der Waals surface area contributed by atoms with Gasteiger partial charge in [-0.2, -0.15) is 0 Å². The van der Waals surface area contributed by atoms with Gasteiger partial charge in [-0.3, -0.25) is 0 Å². The molecule has 1 aliphatic heterocycles. The summed E-state index contributed by atoms with van der Waals surface area (Å²) in [6.45, 7) is 4.06. The second-order valence-corrected chi connectivity index (χ2v) is 6.23. The Morgan fingerprint density at radius 2 is 2.09 bits per heavy atom. The van der Waals surface area contributed by atoms with Gasteiger partial charge in [0.05, 0.1) is 5.52 Å². The average Bonchev–Trinajstić information content (AvgIpc) is 2.55. The van der Waals surface area contributed by atoms with Crippen LogP contribution in [0.5, 0.6) is 0 Å². The molecule has 122 valence electrons. The molecule has 2 heterocycles. The van der Waals surface area contributed by atoms with Crippen molar-refractivity contribution in [3.63, 3.8) is 0 Å². The molecule has 1 fully saturated rings. The molecule has 0 bridgehead atoms. The van der Waals surface area contributed by atoms with E-state index >= 15 is 0 Å². The van der Waals surface area contributed by atoms with Gasteiger partial charge >= 0.3 is 6.09 Å². The molecule has 1 saturated heterocycles. The predicted octanol–water partition coefficient (Wildman–Crippen LogP) is 3.86. The molecular formula is C17H20ClN3O2. The lowest BCUT2D eigenvalue weighted by Gasteiger charge is -2.37. The van der Waals surface area contributed by atoms with Gasteiger partial charge in [0.15, 0.2) is 0 Å². The van der Waals surface area contributed by atoms with Gasteiger partial charge in [0.2, 0.25) is 0 Å². The van der Waals surface area contributed by atoms with E-state index in [-0.39, 0.29) is 6.04 Å². The molecule has 0 aliphatic carbocycles. The number of aromatic nitrogens is 1. The van der Waals surface area contributed by atoms with Crippen molar-refractivity contribution in [1.82, 2.24) is 9.88 Å². The summed E-state index contributed by atoms with van der Waals surface area (Å²) >= 11 is 6.00. The number of anilines is 1. The zero-order valence-corrected chi connectivity index (χ0v) is 13.8. The smallest absolute Gasteiger partial charge is 0.407 e. The number of pyridine rings is 1. The summed E-state index contributed by atoms with van der Waals surface area (Å²) in [6, 6.07) is 9.83. The van der Waals surface area contributed by atoms with Gasteiger partial charge in [-0.05, 0) is 50.1 Å². The van der Waals surface area contributed by atoms with E-state index in [1.807, 2.05) is 37.3 Å². The number of hydrogen-bond acceptors (Lipinski definition) is 3. The normalized spacial score (nSPS) is 15.8. The third-order valence-electron chi connectivity index (χ3n) is 4.45. The predicted molar refractivity (Wildman–Crippen MR) is 92.4 cm³/mol. The second kappa shape index (κ2) is 6.62. The molecule has 6 heteroatoms. The van der Waals surface area contributed by atoms with Gasteiger partial charge in [0, 0.05) is 36.1 Å². The first kappa shape index (κ1) is 15.9. The zero-order chi connectivity index (χ0) is 16.4. The van der Waals surface area contributed by atoms with Crippen molar-refractivity contribution in [2.24, 2.45) is 0 Å². The highest BCUT2D eigenvalue weighted by molar-refractivity contribution is 6.31. The molecule has 5 nitrogen and oxygen atoms in total. The molecule has 2 aromatic rings. The molecule has 1 amide bonds. The molecule has 0 saturated carbocycles. The Morgan fingerprint density at radius 3 is 2.74 bits per heavy atom. The standard InChI is InChI=1S/C17H20ClN3O2/c1-2-21(17(22)23)14-7-9-20(10-8-14)16-6-3-12-11-13(18)4-5-15(12)19-16/h3-6,11,14H,2,7-10H2,1H3,(H,22,23). The van der Waals surface area contributed by atoms with Crippen LogP contribution >= 0.6 is 11.6 Å². The van der Waals surface area contributed by atoms with E-state index in [1.54, 1.807) is 0 Å². The Bertz CT molecular complexity index is 714. The summed E-state index contributed by atoms with van der Waals surface area (Å²) in [6.07, 6.45) is 0.840. The minimum atomic E-state index is -0.827. The Balaban J connectivity index is 1.72. The molecule has 23 heavy (non-hydrogen) atoms. The Morgan fingerprint density at radius 1 is 1.35 bits per heavy atom. The Kier molecular flexibility index (Phi) is 4.57. The monoisotopic (exact) mass is 333 g/mol. The topological polar surface area (TPSA) is 56.7 Å². The number of halogens is 1. The van der Waals surface area contributed by atoms with Gasteiger partial charge in [-0.1, -0.05) is 11.6 Å². The third-order valence-corrected chi connectivity index (χ3v) is 4.69. The van der Waals surface area contributed by atoms with E-state index in [9.17, 15) is 9.90 Å². The van der Waals surface area contributed by atoms with Crippen molar-refractivity contribution in [1.29, 1.82) is 0 Å². The fourth-order valence-electron chi connectivity index (χ4n) is 3.22. The van der Waals surface area contributed by atoms with E-state index in [0.717, 1.165) is 42.7 Å². The summed E-state index contributed by atoms with van der Waals surface area (Å²) in [5, 5.41) is 11.0. The maximum absolute atomic E-state index is 11.2. The summed E-state index contributed by atoms with van der Waals surface area (Å²) in [5.41, 5.74) is 0.926. The molecule has 3 rings (SSSR count). The van der Waals surface area contributed by atoms with Crippen LogP contribution in [0.4, 0.5) is 10.6 Å². The van der Waals surface area contributed by atoms with Crippen molar-refractivity contribution in [2.75, 3.05) is 24.5 Å². The van der Waals surface area contributed by atoms with Gasteiger partial charge < -0.3 is 14.9 Å². The fraction of sp³-hybridized carbons (Fsp3) is 0.412. The second-order valence-electron chi connectivity index (χ2n) is 5.79. The van der Waals surface area contributed by atoms with Crippen LogP contribution in [0, 0.1) is 0 Å². The first-order valence-corrected chi connectivity index (χ1v) is 8.27. The van der Waals surface area contributed by atoms with Gasteiger partial charge in [0.25, 0.3) is 0 Å². The lowest BCUT2D eigenvalue weighted by atomic mass is 10.0. The lowest BCUT2D eigenvalue weighted by molar-refractivity contribution is 0.119. The van der Waals surface area contributed by atoms with Crippen LogP contribution in [-0.4, -0.2) is 46.8 Å². The molecular weight excluding hydrogens is 314 g/mol. The van der Waals surface area contributed by atoms with Crippen molar-refractivity contribution in [3.05, 3.63) is 35.4 Å². The van der Waals surface area contributed by atoms with E-state index in [1.165, 1.54) is 4.90 Å². The first-order chi connectivity index (χ1) is 11.1. The number of piperidine rings is 1. The Hall–Kier alpha value is -2.01. The van der Waals surface area contributed by atoms with Crippen LogP contribution < -0.4 is 4.90 Å². The molecule has 0 spiro atoms. The zero-order valence-electron chi connectivity index (χ0n) is 13.1. The number of fused-ring (bicyclic) bond motifs is 1. The van der Waals surface area contributed by atoms with Gasteiger partial charge in [-0.15, -0.1) is 0 Å². The number of rotatable bonds is 3. The van der Waals surface area contributed by atoms with E-state index in [0.29, 0.717) is 11.6 Å². The third kappa shape index (κ3) is 3.34. The van der Waals surface area contributed by atoms with Crippen LogP contribution in [-0.2, 0) is 0 Å². The number of carboxylic acid groups (broad SMARTS) is 1. The number of benzene rings is 1. The quantitative estimate of drug-likeness (QED) is 0.926. The summed E-state index contributed by atoms with van der Waals surface area (Å²) in [4.78, 5) is 19.7. The van der Waals surface area contributed by atoms with E-state index in [4.69, 9.17) is 16.6 Å². The highest BCUT2D eigenvalue weighted by Gasteiger charge is 2.27. The number of carbonyl (C=O) groups is 1. The number of nitrogens with zero attached hydrogens (tertiary/aromatic N) is 3. The lowest BCUT2D eigenvalue weighted by Crippen LogP contribution is -2.47. The average molecular weight is 334 g/mol. The number of amides is 1. The summed E-state index contributed by atoms with van der Waals surface area (Å²) < 4.78 is 0. The van der Waals surface area contributed by atoms with Crippen molar-refractivity contribution < 1.29 is 9.90 Å². The Labute approximate surface area is 140 Å². The van der Waals surface area contributed by atoms with Gasteiger partial charge in [0.1, 0.15) is 5.82 Å². The minimum Gasteiger partial charge on any atom is -0.465 e. The maximum Gasteiger partial charge on any atom is 0.407 e. The minimum absolute atomic E-state index is 0.105. The van der Waals surface area contributed by atoms with Crippen LogP contribution in [0.3, 0.4) is 0 Å². The van der Waals surface area contributed by atoms with Crippen LogP contribution in [0.25, 0.3) is 10.9 Å². The molecule has 1 aromatic heterocycles. The van der Waals surface area contributed by atoms with E-state index < -0.39 is 6.09 Å². The highest BCUT2D eigenvalue weighted by Crippen LogP contribution is 2.25. The largest absolute Gasteiger partial charge is 0.465 e. The highest BCUT2D eigenvalue weighted by atomic mass is 35.5. The first-order valence-electron chi connectivity index (χ1n) is 7.89. The van der Waals surface area contributed by atoms with Crippen LogP contribution in [0.1, 0.15) is 19.8 Å². The maximum atomic E-state index is 11.2. The summed E-state index contributed by atoms with van der Waals surface area (Å²) in [7, 11) is 0. The van der Waals surface area contributed by atoms with Crippen LogP contribution in [0.15, 0.2) is 30.3 Å². The molecule has 1 N–H and O–H groups in total. The molecule has 1 aromatic carbocycles. The van der Waals surface area contributed by atoms with Crippen molar-refractivity contribution in [2.45, 2.75) is 25.8 Å². The van der Waals surface area contributed by atoms with Crippen molar-refractivity contribution >= 4 is 34.4 Å². The molecule has 0 unspecified atom stereocenters. The van der Waals surface area contributed by atoms with Gasteiger partial charge in [-0.25, -0.2) is 9.78 Å². The molecule has 1 aliphatic rings. The van der Waals surface area contributed by atoms with Crippen molar-refractivity contribution in [3.8, 4) is 0 Å². The molecule has 0 radical (unpaired) electrons. The SMILES string of the molecule is CCN(C(=O)O)C1CCN(c2ccc3cc(Cl)ccc3n2)CC1.